The van der Waals surface area contributed by atoms with Gasteiger partial charge in [-0.1, -0.05) is 26.2 Å². The minimum absolute atomic E-state index is 0.0519. The summed E-state index contributed by atoms with van der Waals surface area (Å²) in [6.45, 7) is 10.7. The molecule has 0 aliphatic heterocycles. The number of esters is 1. The van der Waals surface area contributed by atoms with Gasteiger partial charge in [-0.25, -0.2) is 0 Å². The molecule has 0 bridgehead atoms. The minimum Gasteiger partial charge on any atom is -0.465 e. The Morgan fingerprint density at radius 2 is 1.88 bits per heavy atom. The first-order valence-corrected chi connectivity index (χ1v) is 6.35. The van der Waals surface area contributed by atoms with Gasteiger partial charge >= 0.3 is 5.97 Å². The molecule has 0 radical (unpaired) electrons. The summed E-state index contributed by atoms with van der Waals surface area (Å²) in [6.07, 6.45) is 4.28. The van der Waals surface area contributed by atoms with Crippen LogP contribution < -0.4 is 5.32 Å². The predicted octanol–water partition coefficient (Wildman–Crippen LogP) is 2.89. The Balaban J connectivity index is 4.21. The Morgan fingerprint density at radius 1 is 1.25 bits per heavy atom. The molecule has 0 rings (SSSR count). The normalized spacial score (nSPS) is 13.6. The summed E-state index contributed by atoms with van der Waals surface area (Å²) in [5.74, 6) is -0.117. The van der Waals surface area contributed by atoms with Crippen LogP contribution in [-0.4, -0.2) is 24.2 Å². The molecule has 0 saturated carbocycles. The van der Waals surface area contributed by atoms with Gasteiger partial charge in [-0.3, -0.25) is 10.1 Å². The van der Waals surface area contributed by atoms with Crippen molar-refractivity contribution in [2.45, 2.75) is 71.9 Å². The van der Waals surface area contributed by atoms with Crippen molar-refractivity contribution in [2.24, 2.45) is 0 Å². The highest BCUT2D eigenvalue weighted by molar-refractivity contribution is 5.75. The highest BCUT2D eigenvalue weighted by Gasteiger charge is 2.24. The van der Waals surface area contributed by atoms with E-state index < -0.39 is 0 Å². The molecular formula is C13H27NO2. The summed E-state index contributed by atoms with van der Waals surface area (Å²) in [7, 11) is 0. The van der Waals surface area contributed by atoms with Crippen LogP contribution in [0, 0.1) is 0 Å². The molecule has 96 valence electrons. The van der Waals surface area contributed by atoms with Crippen molar-refractivity contribution in [3.05, 3.63) is 0 Å². The summed E-state index contributed by atoms with van der Waals surface area (Å²) in [5, 5.41) is 3.33. The summed E-state index contributed by atoms with van der Waals surface area (Å²) in [6, 6.07) is -0.161. The lowest BCUT2D eigenvalue weighted by molar-refractivity contribution is -0.146. The van der Waals surface area contributed by atoms with E-state index in [1.807, 2.05) is 6.92 Å². The van der Waals surface area contributed by atoms with Crippen LogP contribution in [0.25, 0.3) is 0 Å². The summed E-state index contributed by atoms with van der Waals surface area (Å²) in [4.78, 5) is 11.7. The van der Waals surface area contributed by atoms with Gasteiger partial charge in [0.05, 0.1) is 6.61 Å². The number of unbranched alkanes of at least 4 members (excludes halogenated alkanes) is 2. The fourth-order valence-corrected chi connectivity index (χ4v) is 1.61. The maximum Gasteiger partial charge on any atom is 0.323 e. The Bertz CT molecular complexity index is 197. The molecule has 0 aliphatic rings. The predicted molar refractivity (Wildman–Crippen MR) is 67.5 cm³/mol. The third-order valence-corrected chi connectivity index (χ3v) is 2.27. The first-order chi connectivity index (χ1) is 7.40. The SMILES string of the molecule is CCCCC[C@H](NC(C)(C)C)C(=O)OCC. The Kier molecular flexibility index (Phi) is 7.39. The van der Waals surface area contributed by atoms with Crippen LogP contribution in [-0.2, 0) is 9.53 Å². The maximum atomic E-state index is 11.7. The van der Waals surface area contributed by atoms with E-state index in [2.05, 4.69) is 33.0 Å². The van der Waals surface area contributed by atoms with Gasteiger partial charge < -0.3 is 4.74 Å². The van der Waals surface area contributed by atoms with Gasteiger partial charge in [-0.2, -0.15) is 0 Å². The first kappa shape index (κ1) is 15.4. The zero-order valence-electron chi connectivity index (χ0n) is 11.4. The number of hydrogen-bond acceptors (Lipinski definition) is 3. The van der Waals surface area contributed by atoms with Crippen molar-refractivity contribution in [1.82, 2.24) is 5.32 Å². The fourth-order valence-electron chi connectivity index (χ4n) is 1.61. The van der Waals surface area contributed by atoms with Crippen molar-refractivity contribution in [3.63, 3.8) is 0 Å². The minimum atomic E-state index is -0.161. The molecule has 0 heterocycles. The molecule has 0 aromatic heterocycles. The molecule has 0 saturated heterocycles. The van der Waals surface area contributed by atoms with Crippen LogP contribution in [0.4, 0.5) is 0 Å². The van der Waals surface area contributed by atoms with Crippen LogP contribution in [0.2, 0.25) is 0 Å². The van der Waals surface area contributed by atoms with Crippen molar-refractivity contribution in [2.75, 3.05) is 6.61 Å². The lowest BCUT2D eigenvalue weighted by Crippen LogP contribution is -2.48. The molecule has 3 heteroatoms. The third kappa shape index (κ3) is 7.69. The van der Waals surface area contributed by atoms with Gasteiger partial charge in [0.1, 0.15) is 6.04 Å². The molecule has 16 heavy (non-hydrogen) atoms. The Hall–Kier alpha value is -0.570. The molecule has 0 aromatic rings. The van der Waals surface area contributed by atoms with Crippen LogP contribution in [0.3, 0.4) is 0 Å². The molecule has 0 fully saturated rings. The van der Waals surface area contributed by atoms with Crippen molar-refractivity contribution in [1.29, 1.82) is 0 Å². The standard InChI is InChI=1S/C13H27NO2/c1-6-8-9-10-11(12(15)16-7-2)14-13(3,4)5/h11,14H,6-10H2,1-5H3/t11-/m0/s1. The summed E-state index contributed by atoms with van der Waals surface area (Å²) in [5.41, 5.74) is -0.0519. The van der Waals surface area contributed by atoms with E-state index in [0.29, 0.717) is 6.61 Å². The van der Waals surface area contributed by atoms with E-state index in [4.69, 9.17) is 4.74 Å². The number of nitrogens with one attached hydrogen (secondary N) is 1. The molecule has 0 spiro atoms. The number of carbonyl (C=O) groups is 1. The lowest BCUT2D eigenvalue weighted by Gasteiger charge is -2.27. The number of carbonyl (C=O) groups excluding carboxylic acids is 1. The lowest BCUT2D eigenvalue weighted by atomic mass is 10.0. The molecule has 3 nitrogen and oxygen atoms in total. The van der Waals surface area contributed by atoms with Crippen LogP contribution >= 0.6 is 0 Å². The van der Waals surface area contributed by atoms with E-state index in [9.17, 15) is 4.79 Å². The third-order valence-electron chi connectivity index (χ3n) is 2.27. The van der Waals surface area contributed by atoms with Gasteiger partial charge in [0.2, 0.25) is 0 Å². The highest BCUT2D eigenvalue weighted by atomic mass is 16.5. The van der Waals surface area contributed by atoms with Crippen molar-refractivity contribution >= 4 is 5.97 Å². The van der Waals surface area contributed by atoms with Crippen LogP contribution in [0.5, 0.6) is 0 Å². The largest absolute Gasteiger partial charge is 0.465 e. The van der Waals surface area contributed by atoms with Gasteiger partial charge in [0, 0.05) is 5.54 Å². The van der Waals surface area contributed by atoms with Gasteiger partial charge in [0.25, 0.3) is 0 Å². The number of ether oxygens (including phenoxy) is 1. The Morgan fingerprint density at radius 3 is 2.31 bits per heavy atom. The summed E-state index contributed by atoms with van der Waals surface area (Å²) < 4.78 is 5.08. The molecule has 0 aromatic carbocycles. The van der Waals surface area contributed by atoms with Gasteiger partial charge in [-0.15, -0.1) is 0 Å². The molecule has 1 atom stereocenters. The second-order valence-electron chi connectivity index (χ2n) is 5.19. The highest BCUT2D eigenvalue weighted by Crippen LogP contribution is 2.10. The van der Waals surface area contributed by atoms with Gasteiger partial charge in [-0.05, 0) is 34.1 Å². The van der Waals surface area contributed by atoms with E-state index in [0.717, 1.165) is 12.8 Å². The van der Waals surface area contributed by atoms with E-state index in [-0.39, 0.29) is 17.6 Å². The molecule has 0 unspecified atom stereocenters. The number of hydrogen-bond donors (Lipinski definition) is 1. The van der Waals surface area contributed by atoms with Crippen molar-refractivity contribution < 1.29 is 9.53 Å². The average Bonchev–Trinajstić information content (AvgIpc) is 2.15. The average molecular weight is 229 g/mol. The second-order valence-corrected chi connectivity index (χ2v) is 5.19. The molecule has 1 N–H and O–H groups in total. The first-order valence-electron chi connectivity index (χ1n) is 6.35. The smallest absolute Gasteiger partial charge is 0.323 e. The topological polar surface area (TPSA) is 38.3 Å². The van der Waals surface area contributed by atoms with E-state index >= 15 is 0 Å². The molecular weight excluding hydrogens is 202 g/mol. The van der Waals surface area contributed by atoms with E-state index in [1.165, 1.54) is 12.8 Å². The Labute approximate surface area is 99.9 Å². The monoisotopic (exact) mass is 229 g/mol. The summed E-state index contributed by atoms with van der Waals surface area (Å²) >= 11 is 0. The zero-order chi connectivity index (χ0) is 12.6. The zero-order valence-corrected chi connectivity index (χ0v) is 11.4. The van der Waals surface area contributed by atoms with Crippen LogP contribution in [0.1, 0.15) is 60.3 Å². The molecule has 0 amide bonds. The fraction of sp³-hybridized carbons (Fsp3) is 0.923. The van der Waals surface area contributed by atoms with Crippen molar-refractivity contribution in [3.8, 4) is 0 Å². The van der Waals surface area contributed by atoms with Gasteiger partial charge in [0.15, 0.2) is 0 Å². The van der Waals surface area contributed by atoms with E-state index in [1.54, 1.807) is 0 Å². The molecule has 0 aliphatic carbocycles. The second kappa shape index (κ2) is 7.66. The quantitative estimate of drug-likeness (QED) is 0.539. The number of rotatable bonds is 7. The maximum absolute atomic E-state index is 11.7. The van der Waals surface area contributed by atoms with Crippen LogP contribution in [0.15, 0.2) is 0 Å².